The third kappa shape index (κ3) is 4.26. The highest BCUT2D eigenvalue weighted by molar-refractivity contribution is 5.89. The molecule has 0 atom stereocenters. The molecule has 24 heavy (non-hydrogen) atoms. The maximum atomic E-state index is 12.3. The fraction of sp³-hybridized carbons (Fsp3) is 0.263. The molecule has 2 aromatic carbocycles. The van der Waals surface area contributed by atoms with Crippen molar-refractivity contribution in [2.75, 3.05) is 12.4 Å². The molecule has 0 aliphatic rings. The van der Waals surface area contributed by atoms with Crippen LogP contribution >= 0.6 is 0 Å². The van der Waals surface area contributed by atoms with Gasteiger partial charge >= 0.3 is 6.03 Å². The van der Waals surface area contributed by atoms with Gasteiger partial charge in [0.15, 0.2) is 0 Å². The predicted octanol–water partition coefficient (Wildman–Crippen LogP) is 3.82. The largest absolute Gasteiger partial charge is 0.496 e. The number of para-hydroxylation sites is 1. The fourth-order valence-electron chi connectivity index (χ4n) is 2.47. The molecule has 5 heteroatoms. The van der Waals surface area contributed by atoms with E-state index < -0.39 is 5.54 Å². The number of hydrogen-bond acceptors (Lipinski definition) is 3. The summed E-state index contributed by atoms with van der Waals surface area (Å²) in [4.78, 5) is 12.3. The van der Waals surface area contributed by atoms with Crippen molar-refractivity contribution in [1.29, 1.82) is 5.26 Å². The van der Waals surface area contributed by atoms with E-state index in [1.165, 1.54) is 0 Å². The summed E-state index contributed by atoms with van der Waals surface area (Å²) in [6, 6.07) is 16.6. The van der Waals surface area contributed by atoms with Crippen LogP contribution in [0.3, 0.4) is 0 Å². The number of anilines is 1. The summed E-state index contributed by atoms with van der Waals surface area (Å²) in [5.74, 6) is 0.726. The number of nitriles is 1. The lowest BCUT2D eigenvalue weighted by atomic mass is 9.93. The summed E-state index contributed by atoms with van der Waals surface area (Å²) >= 11 is 0. The number of nitrogens with one attached hydrogen (secondary N) is 2. The second-order valence-electron chi connectivity index (χ2n) is 5.94. The molecule has 0 aliphatic carbocycles. The number of carbonyl (C=O) groups is 1. The molecule has 2 rings (SSSR count). The quantitative estimate of drug-likeness (QED) is 0.878. The van der Waals surface area contributed by atoms with E-state index >= 15 is 0 Å². The monoisotopic (exact) mass is 323 g/mol. The molecule has 2 amide bonds. The number of nitrogens with zero attached hydrogens (tertiary/aromatic N) is 1. The van der Waals surface area contributed by atoms with Crippen molar-refractivity contribution in [3.8, 4) is 11.8 Å². The van der Waals surface area contributed by atoms with E-state index in [0.29, 0.717) is 12.1 Å². The Hall–Kier alpha value is -3.00. The first kappa shape index (κ1) is 17.4. The maximum absolute atomic E-state index is 12.3. The Kier molecular flexibility index (Phi) is 5.43. The third-order valence-corrected chi connectivity index (χ3v) is 3.70. The Bertz CT molecular complexity index is 746. The molecule has 2 N–H and O–H groups in total. The molecule has 0 radical (unpaired) electrons. The molecule has 5 nitrogen and oxygen atoms in total. The highest BCUT2D eigenvalue weighted by Gasteiger charge is 2.26. The number of carbonyl (C=O) groups excluding carboxylic acids is 1. The third-order valence-electron chi connectivity index (χ3n) is 3.70. The van der Waals surface area contributed by atoms with Crippen molar-refractivity contribution in [1.82, 2.24) is 5.32 Å². The van der Waals surface area contributed by atoms with Crippen molar-refractivity contribution < 1.29 is 9.53 Å². The summed E-state index contributed by atoms with van der Waals surface area (Å²) in [5.41, 5.74) is 1.88. The summed E-state index contributed by atoms with van der Waals surface area (Å²) in [5, 5.41) is 14.4. The van der Waals surface area contributed by atoms with E-state index in [0.717, 1.165) is 16.9 Å². The molecule has 0 saturated carbocycles. The lowest BCUT2D eigenvalue weighted by Gasteiger charge is -2.28. The normalized spacial score (nSPS) is 10.6. The Labute approximate surface area is 142 Å². The first-order valence-corrected chi connectivity index (χ1v) is 7.65. The average molecular weight is 323 g/mol. The first-order chi connectivity index (χ1) is 11.5. The highest BCUT2D eigenvalue weighted by atomic mass is 16.5. The van der Waals surface area contributed by atoms with Crippen LogP contribution < -0.4 is 15.4 Å². The van der Waals surface area contributed by atoms with Crippen molar-refractivity contribution in [2.24, 2.45) is 0 Å². The van der Waals surface area contributed by atoms with Crippen LogP contribution in [0.15, 0.2) is 48.5 Å². The molecule has 0 aliphatic heterocycles. The van der Waals surface area contributed by atoms with Gasteiger partial charge in [-0.15, -0.1) is 0 Å². The number of hydrogen-bond donors (Lipinski definition) is 2. The highest BCUT2D eigenvalue weighted by Crippen LogP contribution is 2.29. The minimum Gasteiger partial charge on any atom is -0.496 e. The van der Waals surface area contributed by atoms with Crippen LogP contribution in [-0.2, 0) is 12.0 Å². The van der Waals surface area contributed by atoms with Crippen LogP contribution in [0.4, 0.5) is 10.5 Å². The van der Waals surface area contributed by atoms with Gasteiger partial charge in [-0.2, -0.15) is 5.26 Å². The Morgan fingerprint density at radius 2 is 1.83 bits per heavy atom. The van der Waals surface area contributed by atoms with E-state index in [2.05, 4.69) is 16.7 Å². The van der Waals surface area contributed by atoms with Gasteiger partial charge in [-0.25, -0.2) is 4.79 Å². The molecular weight excluding hydrogens is 302 g/mol. The summed E-state index contributed by atoms with van der Waals surface area (Å²) in [6.45, 7) is 3.83. The van der Waals surface area contributed by atoms with Gasteiger partial charge in [0.1, 0.15) is 5.75 Å². The van der Waals surface area contributed by atoms with Crippen molar-refractivity contribution >= 4 is 11.7 Å². The topological polar surface area (TPSA) is 74.2 Å². The minimum absolute atomic E-state index is 0.307. The van der Waals surface area contributed by atoms with Gasteiger partial charge in [0.05, 0.1) is 25.1 Å². The fourth-order valence-corrected chi connectivity index (χ4v) is 2.47. The van der Waals surface area contributed by atoms with Gasteiger partial charge in [0.25, 0.3) is 0 Å². The van der Waals surface area contributed by atoms with Crippen LogP contribution in [0.1, 0.15) is 25.0 Å². The zero-order valence-corrected chi connectivity index (χ0v) is 14.1. The molecule has 0 aromatic heterocycles. The Morgan fingerprint density at radius 3 is 2.46 bits per heavy atom. The number of ether oxygens (including phenoxy) is 1. The maximum Gasteiger partial charge on any atom is 0.319 e. The van der Waals surface area contributed by atoms with E-state index in [1.807, 2.05) is 50.2 Å². The zero-order valence-electron chi connectivity index (χ0n) is 14.1. The molecule has 0 saturated heterocycles. The first-order valence-electron chi connectivity index (χ1n) is 7.65. The van der Waals surface area contributed by atoms with E-state index in [4.69, 9.17) is 10.00 Å². The van der Waals surface area contributed by atoms with Crippen molar-refractivity contribution in [2.45, 2.75) is 25.8 Å². The van der Waals surface area contributed by atoms with Crippen LogP contribution in [0.25, 0.3) is 0 Å². The standard InChI is InChI=1S/C19H21N3O2/c1-19(2,16-6-4-5-7-17(16)24-3)22-18(23)21-15-10-8-14(9-11-15)12-13-20/h4-11H,12H2,1-3H3,(H2,21,22,23). The molecule has 2 aromatic rings. The lowest BCUT2D eigenvalue weighted by Crippen LogP contribution is -2.43. The van der Waals surface area contributed by atoms with Crippen LogP contribution in [-0.4, -0.2) is 13.1 Å². The number of methoxy groups -OCH3 is 1. The second kappa shape index (κ2) is 7.51. The van der Waals surface area contributed by atoms with Gasteiger partial charge < -0.3 is 15.4 Å². The summed E-state index contributed by atoms with van der Waals surface area (Å²) < 4.78 is 5.37. The van der Waals surface area contributed by atoms with Crippen molar-refractivity contribution in [3.63, 3.8) is 0 Å². The lowest BCUT2D eigenvalue weighted by molar-refractivity contribution is 0.241. The Morgan fingerprint density at radius 1 is 1.17 bits per heavy atom. The van der Waals surface area contributed by atoms with Gasteiger partial charge in [-0.3, -0.25) is 0 Å². The van der Waals surface area contributed by atoms with Gasteiger partial charge in [-0.1, -0.05) is 30.3 Å². The molecule has 124 valence electrons. The molecule has 0 fully saturated rings. The smallest absolute Gasteiger partial charge is 0.319 e. The number of rotatable bonds is 5. The van der Waals surface area contributed by atoms with E-state index in [1.54, 1.807) is 19.2 Å². The minimum atomic E-state index is -0.600. The summed E-state index contributed by atoms with van der Waals surface area (Å²) in [7, 11) is 1.61. The van der Waals surface area contributed by atoms with Gasteiger partial charge in [0.2, 0.25) is 0 Å². The molecule has 0 unspecified atom stereocenters. The number of amides is 2. The second-order valence-corrected chi connectivity index (χ2v) is 5.94. The molecule has 0 heterocycles. The van der Waals surface area contributed by atoms with Gasteiger partial charge in [-0.05, 0) is 37.6 Å². The SMILES string of the molecule is COc1ccccc1C(C)(C)NC(=O)Nc1ccc(CC#N)cc1. The van der Waals surface area contributed by atoms with Crippen LogP contribution in [0.2, 0.25) is 0 Å². The molecular formula is C19H21N3O2. The van der Waals surface area contributed by atoms with E-state index in [-0.39, 0.29) is 6.03 Å². The van der Waals surface area contributed by atoms with E-state index in [9.17, 15) is 4.79 Å². The Balaban J connectivity index is 2.06. The predicted molar refractivity (Wildman–Crippen MR) is 93.9 cm³/mol. The van der Waals surface area contributed by atoms with Crippen molar-refractivity contribution in [3.05, 3.63) is 59.7 Å². The summed E-state index contributed by atoms with van der Waals surface area (Å²) in [6.07, 6.45) is 0.354. The van der Waals surface area contributed by atoms with Gasteiger partial charge in [0, 0.05) is 11.3 Å². The van der Waals surface area contributed by atoms with Crippen LogP contribution in [0, 0.1) is 11.3 Å². The van der Waals surface area contributed by atoms with Crippen LogP contribution in [0.5, 0.6) is 5.75 Å². The number of benzene rings is 2. The number of urea groups is 1. The average Bonchev–Trinajstić information content (AvgIpc) is 2.56. The zero-order chi connectivity index (χ0) is 17.6. The molecule has 0 bridgehead atoms. The molecule has 0 spiro atoms.